The van der Waals surface area contributed by atoms with E-state index in [1.54, 1.807) is 20.0 Å². The maximum absolute atomic E-state index is 11.0. The number of aromatic nitrogens is 1. The first-order valence-corrected chi connectivity index (χ1v) is 6.89. The summed E-state index contributed by atoms with van der Waals surface area (Å²) in [7, 11) is 0. The van der Waals surface area contributed by atoms with Crippen LogP contribution in [0.4, 0.5) is 5.69 Å². The number of hydrogen-bond acceptors (Lipinski definition) is 4. The second-order valence-corrected chi connectivity index (χ2v) is 5.38. The van der Waals surface area contributed by atoms with E-state index >= 15 is 0 Å². The van der Waals surface area contributed by atoms with Crippen LogP contribution in [-0.4, -0.2) is 16.5 Å². The second kappa shape index (κ2) is 6.10. The fourth-order valence-corrected chi connectivity index (χ4v) is 2.35. The highest BCUT2D eigenvalue weighted by atomic mass is 16.6. The molecular weight excluding hydrogens is 242 g/mol. The minimum absolute atomic E-state index is 0.199. The van der Waals surface area contributed by atoms with E-state index in [1.807, 2.05) is 0 Å². The molecule has 0 aromatic carbocycles. The van der Waals surface area contributed by atoms with Gasteiger partial charge in [-0.3, -0.25) is 15.1 Å². The normalized spacial score (nSPS) is 14.6. The first-order chi connectivity index (χ1) is 9.09. The Morgan fingerprint density at radius 3 is 2.84 bits per heavy atom. The molecule has 2 rings (SSSR count). The summed E-state index contributed by atoms with van der Waals surface area (Å²) in [6.07, 6.45) is 6.85. The third kappa shape index (κ3) is 3.73. The highest BCUT2D eigenvalue weighted by molar-refractivity contribution is 5.47. The van der Waals surface area contributed by atoms with Gasteiger partial charge in [0.2, 0.25) is 0 Å². The van der Waals surface area contributed by atoms with E-state index in [1.165, 1.54) is 25.7 Å². The topological polar surface area (TPSA) is 68.1 Å². The van der Waals surface area contributed by atoms with Crippen LogP contribution < -0.4 is 5.32 Å². The number of nitro groups is 1. The molecule has 1 aliphatic rings. The SMILES string of the molecule is Cc1cnc(CNCCCC2CC2)c(C)c1[N+](=O)[O-]. The van der Waals surface area contributed by atoms with Gasteiger partial charge in [0.1, 0.15) is 0 Å². The molecule has 0 unspecified atom stereocenters. The van der Waals surface area contributed by atoms with Crippen LogP contribution in [0, 0.1) is 29.9 Å². The Bertz CT molecular complexity index is 470. The van der Waals surface area contributed by atoms with E-state index in [0.29, 0.717) is 17.7 Å². The summed E-state index contributed by atoms with van der Waals surface area (Å²) in [5.74, 6) is 0.960. The van der Waals surface area contributed by atoms with Gasteiger partial charge in [-0.25, -0.2) is 0 Å². The Morgan fingerprint density at radius 2 is 2.21 bits per heavy atom. The Kier molecular flexibility index (Phi) is 4.47. The van der Waals surface area contributed by atoms with Crippen molar-refractivity contribution in [2.75, 3.05) is 6.54 Å². The maximum Gasteiger partial charge on any atom is 0.278 e. The van der Waals surface area contributed by atoms with Gasteiger partial charge >= 0.3 is 0 Å². The zero-order chi connectivity index (χ0) is 13.8. The molecule has 1 N–H and O–H groups in total. The van der Waals surface area contributed by atoms with Crippen molar-refractivity contribution in [1.29, 1.82) is 0 Å². The van der Waals surface area contributed by atoms with Gasteiger partial charge < -0.3 is 5.32 Å². The molecule has 0 atom stereocenters. The van der Waals surface area contributed by atoms with Gasteiger partial charge in [0.05, 0.1) is 10.6 Å². The summed E-state index contributed by atoms with van der Waals surface area (Å²) < 4.78 is 0. The summed E-state index contributed by atoms with van der Waals surface area (Å²) in [6, 6.07) is 0. The lowest BCUT2D eigenvalue weighted by atomic mass is 10.1. The highest BCUT2D eigenvalue weighted by Gasteiger charge is 2.20. The quantitative estimate of drug-likeness (QED) is 0.466. The molecule has 1 aromatic rings. The molecule has 5 nitrogen and oxygen atoms in total. The van der Waals surface area contributed by atoms with Gasteiger partial charge in [-0.2, -0.15) is 0 Å². The third-order valence-electron chi connectivity index (χ3n) is 3.71. The number of nitrogens with zero attached hydrogens (tertiary/aromatic N) is 2. The van der Waals surface area contributed by atoms with Crippen molar-refractivity contribution in [2.24, 2.45) is 5.92 Å². The molecule has 0 amide bonds. The first-order valence-electron chi connectivity index (χ1n) is 6.89. The van der Waals surface area contributed by atoms with Crippen LogP contribution in [0.5, 0.6) is 0 Å². The van der Waals surface area contributed by atoms with E-state index in [-0.39, 0.29) is 10.6 Å². The molecule has 1 saturated carbocycles. The van der Waals surface area contributed by atoms with E-state index in [4.69, 9.17) is 0 Å². The summed E-state index contributed by atoms with van der Waals surface area (Å²) in [5.41, 5.74) is 2.29. The predicted octanol–water partition coefficient (Wildman–Crippen LogP) is 2.89. The van der Waals surface area contributed by atoms with Gasteiger partial charge in [-0.05, 0) is 39.2 Å². The Morgan fingerprint density at radius 1 is 1.47 bits per heavy atom. The molecule has 0 spiro atoms. The Hall–Kier alpha value is -1.49. The van der Waals surface area contributed by atoms with Crippen molar-refractivity contribution < 1.29 is 4.92 Å². The first kappa shape index (κ1) is 13.9. The number of aryl methyl sites for hydroxylation is 1. The molecule has 0 saturated heterocycles. The molecule has 104 valence electrons. The van der Waals surface area contributed by atoms with Gasteiger partial charge in [0.25, 0.3) is 5.69 Å². The smallest absolute Gasteiger partial charge is 0.278 e. The second-order valence-electron chi connectivity index (χ2n) is 5.38. The van der Waals surface area contributed by atoms with Crippen molar-refractivity contribution in [1.82, 2.24) is 10.3 Å². The Labute approximate surface area is 113 Å². The van der Waals surface area contributed by atoms with Gasteiger partial charge in [-0.15, -0.1) is 0 Å². The molecule has 1 aromatic heterocycles. The lowest BCUT2D eigenvalue weighted by molar-refractivity contribution is -0.386. The monoisotopic (exact) mass is 263 g/mol. The molecule has 5 heteroatoms. The molecule has 0 radical (unpaired) electrons. The molecule has 1 aliphatic carbocycles. The largest absolute Gasteiger partial charge is 0.311 e. The van der Waals surface area contributed by atoms with Crippen molar-refractivity contribution >= 4 is 5.69 Å². The molecular formula is C14H21N3O2. The summed E-state index contributed by atoms with van der Waals surface area (Å²) in [6.45, 7) is 5.07. The average molecular weight is 263 g/mol. The van der Waals surface area contributed by atoms with E-state index < -0.39 is 0 Å². The Balaban J connectivity index is 1.88. The summed E-state index contributed by atoms with van der Waals surface area (Å²) >= 11 is 0. The van der Waals surface area contributed by atoms with Crippen LogP contribution in [0.3, 0.4) is 0 Å². The molecule has 1 fully saturated rings. The van der Waals surface area contributed by atoms with Crippen LogP contribution in [0.2, 0.25) is 0 Å². The van der Waals surface area contributed by atoms with Gasteiger partial charge in [0.15, 0.2) is 0 Å². The molecule has 0 aliphatic heterocycles. The number of pyridine rings is 1. The third-order valence-corrected chi connectivity index (χ3v) is 3.71. The van der Waals surface area contributed by atoms with Gasteiger partial charge in [0, 0.05) is 23.9 Å². The van der Waals surface area contributed by atoms with Crippen LogP contribution in [0.15, 0.2) is 6.20 Å². The zero-order valence-corrected chi connectivity index (χ0v) is 11.6. The standard InChI is InChI=1S/C14H21N3O2/c1-10-8-16-13(11(2)14(10)17(18)19)9-15-7-3-4-12-5-6-12/h8,12,15H,3-7,9H2,1-2H3. The van der Waals surface area contributed by atoms with Crippen molar-refractivity contribution in [3.8, 4) is 0 Å². The zero-order valence-electron chi connectivity index (χ0n) is 11.6. The highest BCUT2D eigenvalue weighted by Crippen LogP contribution is 2.33. The summed E-state index contributed by atoms with van der Waals surface area (Å²) in [5, 5.41) is 14.3. The predicted molar refractivity (Wildman–Crippen MR) is 74.0 cm³/mol. The molecule has 0 bridgehead atoms. The van der Waals surface area contributed by atoms with Crippen molar-refractivity contribution in [3.05, 3.63) is 33.1 Å². The van der Waals surface area contributed by atoms with E-state index in [9.17, 15) is 10.1 Å². The van der Waals surface area contributed by atoms with Crippen LogP contribution in [0.25, 0.3) is 0 Å². The average Bonchev–Trinajstić information content (AvgIpc) is 3.15. The maximum atomic E-state index is 11.0. The van der Waals surface area contributed by atoms with Gasteiger partial charge in [-0.1, -0.05) is 12.8 Å². The minimum Gasteiger partial charge on any atom is -0.311 e. The molecule has 19 heavy (non-hydrogen) atoms. The number of hydrogen-bond donors (Lipinski definition) is 1. The molecule has 1 heterocycles. The van der Waals surface area contributed by atoms with Crippen LogP contribution in [-0.2, 0) is 6.54 Å². The lowest BCUT2D eigenvalue weighted by Gasteiger charge is -2.08. The van der Waals surface area contributed by atoms with Crippen LogP contribution in [0.1, 0.15) is 42.5 Å². The summed E-state index contributed by atoms with van der Waals surface area (Å²) in [4.78, 5) is 15.0. The van der Waals surface area contributed by atoms with E-state index in [2.05, 4.69) is 10.3 Å². The fraction of sp³-hybridized carbons (Fsp3) is 0.643. The van der Waals surface area contributed by atoms with Crippen molar-refractivity contribution in [2.45, 2.75) is 46.1 Å². The fourth-order valence-electron chi connectivity index (χ4n) is 2.35. The minimum atomic E-state index is -0.317. The van der Waals surface area contributed by atoms with E-state index in [0.717, 1.165) is 18.2 Å². The van der Waals surface area contributed by atoms with Crippen molar-refractivity contribution in [3.63, 3.8) is 0 Å². The lowest BCUT2D eigenvalue weighted by Crippen LogP contribution is -2.17. The van der Waals surface area contributed by atoms with Crippen LogP contribution >= 0.6 is 0 Å². The number of rotatable bonds is 7. The number of nitrogens with one attached hydrogen (secondary N) is 1.